The highest BCUT2D eigenvalue weighted by molar-refractivity contribution is 14.1. The molecule has 1 atom stereocenters. The van der Waals surface area contributed by atoms with Gasteiger partial charge in [-0.3, -0.25) is 0 Å². The summed E-state index contributed by atoms with van der Waals surface area (Å²) in [6.07, 6.45) is -4.38. The van der Waals surface area contributed by atoms with E-state index < -0.39 is 12.1 Å². The van der Waals surface area contributed by atoms with Crippen molar-refractivity contribution in [3.05, 3.63) is 39.7 Å². The summed E-state index contributed by atoms with van der Waals surface area (Å²) in [5, 5.41) is 3.75. The topological polar surface area (TPSA) is 26.0 Å². The summed E-state index contributed by atoms with van der Waals surface area (Å²) >= 11 is 2.11. The molecule has 0 radical (unpaired) electrons. The molecule has 0 amide bonds. The van der Waals surface area contributed by atoms with Gasteiger partial charge in [-0.15, -0.1) is 0 Å². The highest BCUT2D eigenvalue weighted by atomic mass is 127. The van der Waals surface area contributed by atoms with Gasteiger partial charge in [0.2, 0.25) is 0 Å². The third-order valence-electron chi connectivity index (χ3n) is 2.82. The monoisotopic (exact) mass is 381 g/mol. The minimum absolute atomic E-state index is 0.0655. The first-order chi connectivity index (χ1) is 8.93. The lowest BCUT2D eigenvalue weighted by molar-refractivity contribution is -0.155. The van der Waals surface area contributed by atoms with E-state index in [9.17, 15) is 13.2 Å². The number of nitrogens with zero attached hydrogens (tertiary/aromatic N) is 1. The summed E-state index contributed by atoms with van der Waals surface area (Å²) in [6, 6.07) is 8.71. The number of hydrogen-bond donors (Lipinski definition) is 0. The number of halogens is 4. The molecule has 0 N–H and O–H groups in total. The first-order valence-corrected chi connectivity index (χ1v) is 6.79. The zero-order valence-corrected chi connectivity index (χ0v) is 12.2. The van der Waals surface area contributed by atoms with E-state index in [2.05, 4.69) is 27.7 Å². The van der Waals surface area contributed by atoms with E-state index in [1.165, 1.54) is 13.0 Å². The maximum atomic E-state index is 12.8. The first-order valence-electron chi connectivity index (χ1n) is 5.71. The standard InChI is InChI=1S/C13H11F3INO/c1-2-9(13(14,15)16)12-7-11(18-19-12)8-5-3-4-6-10(8)17/h3-7,9H,2H2,1H3. The Kier molecular flexibility index (Phi) is 4.17. The summed E-state index contributed by atoms with van der Waals surface area (Å²) in [7, 11) is 0. The van der Waals surface area contributed by atoms with Gasteiger partial charge in [-0.2, -0.15) is 13.2 Å². The second kappa shape index (κ2) is 5.52. The van der Waals surface area contributed by atoms with Crippen molar-refractivity contribution in [1.29, 1.82) is 0 Å². The molecule has 1 aromatic carbocycles. The van der Waals surface area contributed by atoms with E-state index >= 15 is 0 Å². The van der Waals surface area contributed by atoms with Crippen LogP contribution in [0.4, 0.5) is 13.2 Å². The van der Waals surface area contributed by atoms with Gasteiger partial charge in [0, 0.05) is 15.2 Å². The molecule has 2 aromatic rings. The van der Waals surface area contributed by atoms with E-state index in [4.69, 9.17) is 4.52 Å². The summed E-state index contributed by atoms with van der Waals surface area (Å²) < 4.78 is 44.2. The van der Waals surface area contributed by atoms with Crippen molar-refractivity contribution in [3.8, 4) is 11.3 Å². The number of alkyl halides is 3. The second-order valence-electron chi connectivity index (χ2n) is 4.10. The van der Waals surface area contributed by atoms with Gasteiger partial charge in [0.05, 0.1) is 0 Å². The van der Waals surface area contributed by atoms with E-state index in [1.807, 2.05) is 18.2 Å². The Morgan fingerprint density at radius 1 is 1.32 bits per heavy atom. The molecule has 0 fully saturated rings. The molecular formula is C13H11F3INO. The van der Waals surface area contributed by atoms with Crippen molar-refractivity contribution in [2.45, 2.75) is 25.4 Å². The van der Waals surface area contributed by atoms with Crippen LogP contribution in [0.5, 0.6) is 0 Å². The molecule has 0 saturated carbocycles. The molecule has 0 aliphatic carbocycles. The Balaban J connectivity index is 2.37. The number of benzene rings is 1. The molecule has 1 heterocycles. The lowest BCUT2D eigenvalue weighted by Gasteiger charge is -2.14. The molecule has 19 heavy (non-hydrogen) atoms. The van der Waals surface area contributed by atoms with Crippen molar-refractivity contribution in [3.63, 3.8) is 0 Å². The second-order valence-corrected chi connectivity index (χ2v) is 5.26. The molecule has 0 spiro atoms. The smallest absolute Gasteiger partial charge is 0.360 e. The van der Waals surface area contributed by atoms with Crippen molar-refractivity contribution >= 4 is 22.6 Å². The Morgan fingerprint density at radius 3 is 2.58 bits per heavy atom. The predicted molar refractivity (Wildman–Crippen MR) is 73.7 cm³/mol. The van der Waals surface area contributed by atoms with Crippen LogP contribution in [0.2, 0.25) is 0 Å². The fraction of sp³-hybridized carbons (Fsp3) is 0.308. The van der Waals surface area contributed by atoms with Gasteiger partial charge in [-0.25, -0.2) is 0 Å². The molecule has 1 unspecified atom stereocenters. The number of hydrogen-bond acceptors (Lipinski definition) is 2. The zero-order chi connectivity index (χ0) is 14.0. The molecule has 6 heteroatoms. The highest BCUT2D eigenvalue weighted by Gasteiger charge is 2.42. The van der Waals surface area contributed by atoms with Crippen LogP contribution in [0, 0.1) is 3.57 Å². The van der Waals surface area contributed by atoms with E-state index in [-0.39, 0.29) is 12.2 Å². The number of aromatic nitrogens is 1. The SMILES string of the molecule is CCC(c1cc(-c2ccccc2I)no1)C(F)(F)F. The van der Waals surface area contributed by atoms with Crippen molar-refractivity contribution in [2.75, 3.05) is 0 Å². The third-order valence-corrected chi connectivity index (χ3v) is 3.77. The van der Waals surface area contributed by atoms with E-state index in [1.54, 1.807) is 6.07 Å². The van der Waals surface area contributed by atoms with Crippen molar-refractivity contribution in [2.24, 2.45) is 0 Å². The number of rotatable bonds is 3. The van der Waals surface area contributed by atoms with Crippen LogP contribution in [0.25, 0.3) is 11.3 Å². The molecule has 0 saturated heterocycles. The summed E-state index contributed by atoms with van der Waals surface area (Å²) in [4.78, 5) is 0. The zero-order valence-electron chi connectivity index (χ0n) is 10.0. The highest BCUT2D eigenvalue weighted by Crippen LogP contribution is 2.38. The molecule has 0 aliphatic heterocycles. The van der Waals surface area contributed by atoms with Crippen LogP contribution in [0.3, 0.4) is 0 Å². The van der Waals surface area contributed by atoms with Crippen LogP contribution >= 0.6 is 22.6 Å². The van der Waals surface area contributed by atoms with Crippen molar-refractivity contribution in [1.82, 2.24) is 5.16 Å². The van der Waals surface area contributed by atoms with Gasteiger partial charge >= 0.3 is 6.18 Å². The van der Waals surface area contributed by atoms with Gasteiger partial charge in [-0.1, -0.05) is 30.3 Å². The van der Waals surface area contributed by atoms with Gasteiger partial charge in [0.25, 0.3) is 0 Å². The maximum absolute atomic E-state index is 12.8. The van der Waals surface area contributed by atoms with Crippen LogP contribution in [-0.2, 0) is 0 Å². The quantitative estimate of drug-likeness (QED) is 0.700. The average Bonchev–Trinajstić information content (AvgIpc) is 2.78. The fourth-order valence-corrected chi connectivity index (χ4v) is 2.51. The van der Waals surface area contributed by atoms with Gasteiger partial charge < -0.3 is 4.52 Å². The van der Waals surface area contributed by atoms with Gasteiger partial charge in [-0.05, 0) is 35.1 Å². The van der Waals surface area contributed by atoms with Crippen LogP contribution < -0.4 is 0 Å². The molecule has 1 aromatic heterocycles. The molecule has 2 nitrogen and oxygen atoms in total. The van der Waals surface area contributed by atoms with Crippen LogP contribution in [0.1, 0.15) is 25.0 Å². The van der Waals surface area contributed by atoms with Crippen LogP contribution in [-0.4, -0.2) is 11.3 Å². The molecule has 0 bridgehead atoms. The molecule has 102 valence electrons. The summed E-state index contributed by atoms with van der Waals surface area (Å²) in [5.74, 6) is -1.74. The minimum Gasteiger partial charge on any atom is -0.360 e. The van der Waals surface area contributed by atoms with Crippen LogP contribution in [0.15, 0.2) is 34.9 Å². The minimum atomic E-state index is -4.31. The molecular weight excluding hydrogens is 370 g/mol. The van der Waals surface area contributed by atoms with Crippen molar-refractivity contribution < 1.29 is 17.7 Å². The Bertz CT molecular complexity index is 565. The Morgan fingerprint density at radius 2 is 2.00 bits per heavy atom. The fourth-order valence-electron chi connectivity index (χ4n) is 1.84. The Labute approximate surface area is 122 Å². The summed E-state index contributed by atoms with van der Waals surface area (Å²) in [6.45, 7) is 1.48. The maximum Gasteiger partial charge on any atom is 0.398 e. The normalized spacial score (nSPS) is 13.5. The van der Waals surface area contributed by atoms with E-state index in [0.717, 1.165) is 9.13 Å². The van der Waals surface area contributed by atoms with E-state index in [0.29, 0.717) is 5.69 Å². The molecule has 2 rings (SSSR count). The lowest BCUT2D eigenvalue weighted by atomic mass is 10.0. The third kappa shape index (κ3) is 3.10. The average molecular weight is 381 g/mol. The summed E-state index contributed by atoms with van der Waals surface area (Å²) in [5.41, 5.74) is 1.21. The Hall–Kier alpha value is -1.05. The largest absolute Gasteiger partial charge is 0.398 e. The first kappa shape index (κ1) is 14.4. The van der Waals surface area contributed by atoms with Gasteiger partial charge in [0.15, 0.2) is 0 Å². The van der Waals surface area contributed by atoms with Gasteiger partial charge in [0.1, 0.15) is 17.4 Å². The predicted octanol–water partition coefficient (Wildman–Crippen LogP) is 5.00. The lowest BCUT2D eigenvalue weighted by Crippen LogP contribution is -2.19. The molecule has 0 aliphatic rings.